The predicted octanol–water partition coefficient (Wildman–Crippen LogP) is 1.10. The second-order valence-corrected chi connectivity index (χ2v) is 10.3. The summed E-state index contributed by atoms with van der Waals surface area (Å²) in [4.78, 5) is 54.1. The first-order chi connectivity index (χ1) is 19.2. The summed E-state index contributed by atoms with van der Waals surface area (Å²) in [5.41, 5.74) is 4.56. The van der Waals surface area contributed by atoms with Gasteiger partial charge in [-0.1, -0.05) is 6.07 Å². The Morgan fingerprint density at radius 3 is 2.62 bits per heavy atom. The summed E-state index contributed by atoms with van der Waals surface area (Å²) in [6, 6.07) is 4.38. The van der Waals surface area contributed by atoms with Crippen LogP contribution in [0, 0.1) is 11.8 Å². The van der Waals surface area contributed by atoms with Crippen LogP contribution in [0.3, 0.4) is 0 Å². The van der Waals surface area contributed by atoms with Crippen molar-refractivity contribution in [1.82, 2.24) is 31.0 Å². The molecular weight excluding hydrogens is 521 g/mol. The smallest absolute Gasteiger partial charge is 0.408 e. The van der Waals surface area contributed by atoms with Crippen molar-refractivity contribution in [3.63, 3.8) is 0 Å². The predicted molar refractivity (Wildman–Crippen MR) is 144 cm³/mol. The van der Waals surface area contributed by atoms with Gasteiger partial charge in [0, 0.05) is 39.2 Å². The lowest BCUT2D eigenvalue weighted by Crippen LogP contribution is -2.45. The molecule has 40 heavy (non-hydrogen) atoms. The summed E-state index contributed by atoms with van der Waals surface area (Å²) in [5.74, 6) is -1.99. The van der Waals surface area contributed by atoms with E-state index in [-0.39, 0.29) is 41.5 Å². The molecular formula is C27H32FN7O5. The lowest BCUT2D eigenvalue weighted by Gasteiger charge is -2.29. The summed E-state index contributed by atoms with van der Waals surface area (Å²) in [6.45, 7) is 2.11. The van der Waals surface area contributed by atoms with Crippen LogP contribution < -0.4 is 27.1 Å². The van der Waals surface area contributed by atoms with Gasteiger partial charge in [0.2, 0.25) is 5.91 Å². The fourth-order valence-electron chi connectivity index (χ4n) is 5.24. The Morgan fingerprint density at radius 2 is 1.90 bits per heavy atom. The minimum atomic E-state index is -0.717. The van der Waals surface area contributed by atoms with Gasteiger partial charge in [0.15, 0.2) is 17.2 Å². The standard InChI is InChI=1S/C27H32FN7O5/c1-14-22(28)23-32-18(25(37)30-13-16-6-9-21-19(10-16)34(3)27(39)40-21)11-20(35(23)33-14)26(38)31-12-15-4-7-17(8-5-15)24(36)29-2/h6,9-11,14-15,17,33H,4-5,7-8,12-13H2,1-3H3,(H,29,36)(H,30,37)(H,31,38). The normalized spacial score (nSPS) is 22.5. The Bertz CT molecular complexity index is 1510. The molecule has 3 heterocycles. The van der Waals surface area contributed by atoms with E-state index in [1.807, 2.05) is 0 Å². The first kappa shape index (κ1) is 27.3. The number of rotatable bonds is 7. The summed E-state index contributed by atoms with van der Waals surface area (Å²) < 4.78 is 21.4. The second-order valence-electron chi connectivity index (χ2n) is 10.3. The quantitative estimate of drug-likeness (QED) is 0.401. The lowest BCUT2D eigenvalue weighted by atomic mass is 9.81. The molecule has 1 saturated carbocycles. The van der Waals surface area contributed by atoms with Gasteiger partial charge >= 0.3 is 5.76 Å². The van der Waals surface area contributed by atoms with Crippen molar-refractivity contribution in [2.45, 2.75) is 45.2 Å². The zero-order chi connectivity index (χ0) is 28.6. The first-order valence-electron chi connectivity index (χ1n) is 13.3. The van der Waals surface area contributed by atoms with Crippen molar-refractivity contribution in [2.24, 2.45) is 23.9 Å². The van der Waals surface area contributed by atoms with Crippen molar-refractivity contribution < 1.29 is 23.2 Å². The van der Waals surface area contributed by atoms with E-state index in [2.05, 4.69) is 26.4 Å². The van der Waals surface area contributed by atoms with Crippen LogP contribution >= 0.6 is 0 Å². The van der Waals surface area contributed by atoms with Gasteiger partial charge in [0.25, 0.3) is 11.8 Å². The molecule has 5 rings (SSSR count). The number of oxazole rings is 1. The van der Waals surface area contributed by atoms with Gasteiger partial charge in [0.1, 0.15) is 11.4 Å². The highest BCUT2D eigenvalue weighted by molar-refractivity contribution is 6.44. The van der Waals surface area contributed by atoms with Crippen LogP contribution in [0.25, 0.3) is 11.1 Å². The summed E-state index contributed by atoms with van der Waals surface area (Å²) in [7, 11) is 3.22. The van der Waals surface area contributed by atoms with Crippen LogP contribution in [0.15, 0.2) is 55.8 Å². The number of hydrogen-bond acceptors (Lipinski definition) is 8. The summed E-state index contributed by atoms with van der Waals surface area (Å²) in [5, 5.41) is 9.61. The Kier molecular flexibility index (Phi) is 7.57. The Balaban J connectivity index is 1.27. The second kappa shape index (κ2) is 11.1. The number of hydrazine groups is 1. The number of halogens is 1. The third kappa shape index (κ3) is 5.28. The Labute approximate surface area is 229 Å². The number of nitrogens with zero attached hydrogens (tertiary/aromatic N) is 3. The number of aromatic nitrogens is 1. The van der Waals surface area contributed by atoms with Crippen molar-refractivity contribution in [1.29, 1.82) is 0 Å². The number of fused-ring (bicyclic) bond motifs is 2. The molecule has 1 atom stereocenters. The zero-order valence-corrected chi connectivity index (χ0v) is 22.5. The monoisotopic (exact) mass is 553 g/mol. The SMILES string of the molecule is CNC(=O)C1CCC(CNC(=O)C2=CC(C(=O)NCc3ccc4oc(=O)n(C)c4c3)=NC3=C(F)C(C)NN23)CC1. The fourth-order valence-corrected chi connectivity index (χ4v) is 5.24. The van der Waals surface area contributed by atoms with Crippen molar-refractivity contribution in [2.75, 3.05) is 13.6 Å². The van der Waals surface area contributed by atoms with Gasteiger partial charge in [-0.05, 0) is 56.2 Å². The van der Waals surface area contributed by atoms with E-state index in [0.717, 1.165) is 25.7 Å². The number of carbonyl (C=O) groups excluding carboxylic acids is 3. The molecule has 0 spiro atoms. The molecule has 3 aliphatic rings. The highest BCUT2D eigenvalue weighted by Gasteiger charge is 2.37. The topological polar surface area (TPSA) is 150 Å². The highest BCUT2D eigenvalue weighted by atomic mass is 19.1. The molecule has 2 aromatic rings. The molecule has 2 aliphatic heterocycles. The maximum atomic E-state index is 14.9. The van der Waals surface area contributed by atoms with E-state index < -0.39 is 29.4 Å². The minimum absolute atomic E-state index is 0.00483. The average Bonchev–Trinajstić information content (AvgIpc) is 3.42. The maximum absolute atomic E-state index is 14.9. The van der Waals surface area contributed by atoms with E-state index in [1.165, 1.54) is 15.7 Å². The molecule has 1 unspecified atom stereocenters. The molecule has 0 saturated heterocycles. The van der Waals surface area contributed by atoms with E-state index in [0.29, 0.717) is 23.2 Å². The number of benzene rings is 1. The largest absolute Gasteiger partial charge is 0.419 e. The van der Waals surface area contributed by atoms with E-state index in [4.69, 9.17) is 4.42 Å². The average molecular weight is 554 g/mol. The van der Waals surface area contributed by atoms with E-state index in [1.54, 1.807) is 39.2 Å². The molecule has 12 nitrogen and oxygen atoms in total. The van der Waals surface area contributed by atoms with Gasteiger partial charge in [-0.3, -0.25) is 24.0 Å². The number of nitrogens with one attached hydrogen (secondary N) is 4. The molecule has 1 aliphatic carbocycles. The van der Waals surface area contributed by atoms with Crippen molar-refractivity contribution >= 4 is 34.5 Å². The molecule has 1 aromatic carbocycles. The van der Waals surface area contributed by atoms with Crippen LogP contribution in [-0.4, -0.2) is 52.6 Å². The highest BCUT2D eigenvalue weighted by Crippen LogP contribution is 2.31. The number of hydrogen-bond donors (Lipinski definition) is 4. The van der Waals surface area contributed by atoms with Crippen molar-refractivity contribution in [3.8, 4) is 0 Å². The van der Waals surface area contributed by atoms with Crippen LogP contribution in [-0.2, 0) is 28.0 Å². The molecule has 1 fully saturated rings. The lowest BCUT2D eigenvalue weighted by molar-refractivity contribution is -0.126. The summed E-state index contributed by atoms with van der Waals surface area (Å²) >= 11 is 0. The van der Waals surface area contributed by atoms with E-state index in [9.17, 15) is 23.6 Å². The van der Waals surface area contributed by atoms with Crippen LogP contribution in [0.4, 0.5) is 4.39 Å². The van der Waals surface area contributed by atoms with E-state index >= 15 is 0 Å². The number of aryl methyl sites for hydroxylation is 1. The van der Waals surface area contributed by atoms with Gasteiger partial charge in [-0.15, -0.1) is 0 Å². The molecule has 3 amide bonds. The number of amides is 3. The first-order valence-corrected chi connectivity index (χ1v) is 13.3. The third-order valence-electron chi connectivity index (χ3n) is 7.66. The minimum Gasteiger partial charge on any atom is -0.408 e. The molecule has 0 radical (unpaired) electrons. The number of aliphatic imine (C=N–C) groups is 1. The molecule has 13 heteroatoms. The molecule has 1 aromatic heterocycles. The fraction of sp³-hybridized carbons (Fsp3) is 0.444. The van der Waals surface area contributed by atoms with Crippen molar-refractivity contribution in [3.05, 3.63) is 57.7 Å². The van der Waals surface area contributed by atoms with Crippen LogP contribution in [0.1, 0.15) is 38.2 Å². The maximum Gasteiger partial charge on any atom is 0.419 e. The van der Waals surface area contributed by atoms with Crippen LogP contribution in [0.2, 0.25) is 0 Å². The Hall–Kier alpha value is -4.26. The molecule has 212 valence electrons. The number of carbonyl (C=O) groups is 3. The summed E-state index contributed by atoms with van der Waals surface area (Å²) in [6.07, 6.45) is 4.46. The molecule has 0 bridgehead atoms. The molecule has 4 N–H and O–H groups in total. The van der Waals surface area contributed by atoms with Gasteiger partial charge in [-0.25, -0.2) is 19.6 Å². The van der Waals surface area contributed by atoms with Gasteiger partial charge in [0.05, 0.1) is 11.6 Å². The van der Waals surface area contributed by atoms with Gasteiger partial charge in [-0.2, -0.15) is 0 Å². The van der Waals surface area contributed by atoms with Gasteiger partial charge < -0.3 is 20.4 Å². The third-order valence-corrected chi connectivity index (χ3v) is 7.66. The van der Waals surface area contributed by atoms with Crippen LogP contribution in [0.5, 0.6) is 0 Å². The Morgan fingerprint density at radius 1 is 1.15 bits per heavy atom. The zero-order valence-electron chi connectivity index (χ0n) is 22.5.